The van der Waals surface area contributed by atoms with Gasteiger partial charge in [0, 0.05) is 17.1 Å². The van der Waals surface area contributed by atoms with Gasteiger partial charge in [-0.05, 0) is 48.9 Å². The predicted octanol–water partition coefficient (Wildman–Crippen LogP) is 3.67. The van der Waals surface area contributed by atoms with E-state index in [9.17, 15) is 9.18 Å². The lowest BCUT2D eigenvalue weighted by molar-refractivity contribution is -0.115. The molecule has 0 heterocycles. The molecule has 0 aliphatic heterocycles. The van der Waals surface area contributed by atoms with Crippen molar-refractivity contribution in [2.75, 3.05) is 11.1 Å². The highest BCUT2D eigenvalue weighted by molar-refractivity contribution is 7.99. The summed E-state index contributed by atoms with van der Waals surface area (Å²) in [6.45, 7) is 1.85. The molecule has 0 aliphatic carbocycles. The zero-order valence-electron chi connectivity index (χ0n) is 11.7. The van der Waals surface area contributed by atoms with E-state index in [1.807, 2.05) is 31.2 Å². The van der Waals surface area contributed by atoms with E-state index in [0.717, 1.165) is 17.0 Å². The van der Waals surface area contributed by atoms with E-state index in [1.165, 1.54) is 23.9 Å². The summed E-state index contributed by atoms with van der Waals surface area (Å²) in [6, 6.07) is 13.3. The van der Waals surface area contributed by atoms with Crippen LogP contribution in [0.2, 0.25) is 0 Å². The van der Waals surface area contributed by atoms with Gasteiger partial charge in [-0.2, -0.15) is 0 Å². The van der Waals surface area contributed by atoms with Crippen molar-refractivity contribution in [3.63, 3.8) is 0 Å². The van der Waals surface area contributed by atoms with E-state index in [2.05, 4.69) is 5.32 Å². The third-order valence-electron chi connectivity index (χ3n) is 2.96. The van der Waals surface area contributed by atoms with Crippen LogP contribution < -0.4 is 11.1 Å². The summed E-state index contributed by atoms with van der Waals surface area (Å²) in [4.78, 5) is 12.0. The van der Waals surface area contributed by atoms with Crippen molar-refractivity contribution in [2.24, 2.45) is 0 Å². The number of hydrogen-bond donors (Lipinski definition) is 2. The van der Waals surface area contributed by atoms with Gasteiger partial charge in [-0.1, -0.05) is 12.1 Å². The van der Waals surface area contributed by atoms with Gasteiger partial charge in [0.15, 0.2) is 0 Å². The van der Waals surface area contributed by atoms with Gasteiger partial charge in [-0.25, -0.2) is 4.39 Å². The molecule has 0 aromatic heterocycles. The standard InChI is InChI=1S/C16H17FN2OS/c1-11(21-10-12-2-6-14(18)7-3-12)16(20)19-15-8-4-13(17)5-9-15/h2-9,11H,10,18H2,1H3,(H,19,20). The average Bonchev–Trinajstić information content (AvgIpc) is 2.48. The zero-order valence-corrected chi connectivity index (χ0v) is 12.5. The molecule has 2 aromatic carbocycles. The van der Waals surface area contributed by atoms with Crippen molar-refractivity contribution >= 4 is 29.0 Å². The molecule has 2 rings (SSSR count). The number of hydrogen-bond acceptors (Lipinski definition) is 3. The van der Waals surface area contributed by atoms with Crippen molar-refractivity contribution in [1.82, 2.24) is 0 Å². The Kier molecular flexibility index (Phi) is 5.22. The van der Waals surface area contributed by atoms with E-state index < -0.39 is 0 Å². The monoisotopic (exact) mass is 304 g/mol. The Hall–Kier alpha value is -2.01. The molecule has 3 N–H and O–H groups in total. The van der Waals surface area contributed by atoms with E-state index >= 15 is 0 Å². The molecule has 0 spiro atoms. The molecule has 0 aliphatic rings. The van der Waals surface area contributed by atoms with Crippen LogP contribution in [0.25, 0.3) is 0 Å². The highest BCUT2D eigenvalue weighted by Gasteiger charge is 2.13. The lowest BCUT2D eigenvalue weighted by Crippen LogP contribution is -2.22. The van der Waals surface area contributed by atoms with Crippen molar-refractivity contribution in [3.8, 4) is 0 Å². The number of carbonyl (C=O) groups excluding carboxylic acids is 1. The number of nitrogen functional groups attached to an aromatic ring is 1. The smallest absolute Gasteiger partial charge is 0.237 e. The summed E-state index contributed by atoms with van der Waals surface area (Å²) in [5, 5.41) is 2.57. The van der Waals surface area contributed by atoms with Crippen molar-refractivity contribution < 1.29 is 9.18 Å². The van der Waals surface area contributed by atoms with Gasteiger partial charge in [0.2, 0.25) is 5.91 Å². The van der Waals surface area contributed by atoms with Gasteiger partial charge in [0.05, 0.1) is 5.25 Å². The number of benzene rings is 2. The van der Waals surface area contributed by atoms with Crippen LogP contribution in [0.3, 0.4) is 0 Å². The van der Waals surface area contributed by atoms with Crippen molar-refractivity contribution in [2.45, 2.75) is 17.9 Å². The second-order valence-corrected chi connectivity index (χ2v) is 6.02. The van der Waals surface area contributed by atoms with Crippen molar-refractivity contribution in [3.05, 3.63) is 59.9 Å². The maximum Gasteiger partial charge on any atom is 0.237 e. The number of nitrogens with one attached hydrogen (secondary N) is 1. The molecule has 1 amide bonds. The van der Waals surface area contributed by atoms with E-state index in [-0.39, 0.29) is 17.0 Å². The van der Waals surface area contributed by atoms with Crippen LogP contribution in [0.4, 0.5) is 15.8 Å². The first-order valence-electron chi connectivity index (χ1n) is 6.57. The maximum absolute atomic E-state index is 12.8. The summed E-state index contributed by atoms with van der Waals surface area (Å²) >= 11 is 1.54. The van der Waals surface area contributed by atoms with Crippen LogP contribution >= 0.6 is 11.8 Å². The molecule has 0 fully saturated rings. The molecule has 0 saturated heterocycles. The first kappa shape index (κ1) is 15.4. The van der Waals surface area contributed by atoms with Crippen molar-refractivity contribution in [1.29, 1.82) is 0 Å². The number of anilines is 2. The second kappa shape index (κ2) is 7.13. The molecule has 0 bridgehead atoms. The lowest BCUT2D eigenvalue weighted by atomic mass is 10.2. The van der Waals surface area contributed by atoms with Crippen LogP contribution in [0, 0.1) is 5.82 Å². The van der Waals surface area contributed by atoms with Gasteiger partial charge in [-0.3, -0.25) is 4.79 Å². The minimum Gasteiger partial charge on any atom is -0.399 e. The highest BCUT2D eigenvalue weighted by Crippen LogP contribution is 2.20. The number of halogens is 1. The largest absolute Gasteiger partial charge is 0.399 e. The molecule has 21 heavy (non-hydrogen) atoms. The molecule has 1 unspecified atom stereocenters. The normalized spacial score (nSPS) is 11.9. The van der Waals surface area contributed by atoms with Crippen LogP contribution in [-0.2, 0) is 10.5 Å². The van der Waals surface area contributed by atoms with E-state index in [0.29, 0.717) is 5.69 Å². The summed E-state index contributed by atoms with van der Waals surface area (Å²) in [5.41, 5.74) is 8.08. The van der Waals surface area contributed by atoms with Gasteiger partial charge >= 0.3 is 0 Å². The topological polar surface area (TPSA) is 55.1 Å². The SMILES string of the molecule is CC(SCc1ccc(N)cc1)C(=O)Nc1ccc(F)cc1. The number of carbonyl (C=O) groups is 1. The Balaban J connectivity index is 1.84. The molecule has 3 nitrogen and oxygen atoms in total. The fourth-order valence-electron chi connectivity index (χ4n) is 1.69. The molecular weight excluding hydrogens is 287 g/mol. The zero-order chi connectivity index (χ0) is 15.2. The Bertz CT molecular complexity index is 599. The lowest BCUT2D eigenvalue weighted by Gasteiger charge is -2.12. The quantitative estimate of drug-likeness (QED) is 0.829. The molecule has 110 valence electrons. The van der Waals surface area contributed by atoms with Crippen LogP contribution in [0.15, 0.2) is 48.5 Å². The number of thioether (sulfide) groups is 1. The summed E-state index contributed by atoms with van der Waals surface area (Å²) in [5.74, 6) is 0.319. The molecule has 2 aromatic rings. The third-order valence-corrected chi connectivity index (χ3v) is 4.17. The summed E-state index contributed by atoms with van der Waals surface area (Å²) in [7, 11) is 0. The fourth-order valence-corrected chi connectivity index (χ4v) is 2.53. The predicted molar refractivity (Wildman–Crippen MR) is 86.6 cm³/mol. The Morgan fingerprint density at radius 3 is 2.43 bits per heavy atom. The summed E-state index contributed by atoms with van der Waals surface area (Å²) < 4.78 is 12.8. The molecule has 0 saturated carbocycles. The second-order valence-electron chi connectivity index (χ2n) is 4.69. The van der Waals surface area contributed by atoms with E-state index in [1.54, 1.807) is 12.1 Å². The molecule has 0 radical (unpaired) electrons. The Morgan fingerprint density at radius 2 is 1.81 bits per heavy atom. The van der Waals surface area contributed by atoms with Gasteiger partial charge in [-0.15, -0.1) is 11.8 Å². The number of nitrogens with two attached hydrogens (primary N) is 1. The van der Waals surface area contributed by atoms with Crippen LogP contribution in [0.1, 0.15) is 12.5 Å². The maximum atomic E-state index is 12.8. The van der Waals surface area contributed by atoms with Gasteiger partial charge in [0.25, 0.3) is 0 Å². The number of rotatable bonds is 5. The first-order valence-corrected chi connectivity index (χ1v) is 7.62. The van der Waals surface area contributed by atoms with Gasteiger partial charge in [0.1, 0.15) is 5.82 Å². The van der Waals surface area contributed by atoms with Crippen LogP contribution in [0.5, 0.6) is 0 Å². The molecular formula is C16H17FN2OS. The molecule has 5 heteroatoms. The van der Waals surface area contributed by atoms with Crippen LogP contribution in [-0.4, -0.2) is 11.2 Å². The van der Waals surface area contributed by atoms with Gasteiger partial charge < -0.3 is 11.1 Å². The summed E-state index contributed by atoms with van der Waals surface area (Å²) in [6.07, 6.45) is 0. The first-order chi connectivity index (χ1) is 10.0. The minimum absolute atomic E-state index is 0.0953. The minimum atomic E-state index is -0.321. The highest BCUT2D eigenvalue weighted by atomic mass is 32.2. The van der Waals surface area contributed by atoms with E-state index in [4.69, 9.17) is 5.73 Å². The average molecular weight is 304 g/mol. The number of amides is 1. The fraction of sp³-hybridized carbons (Fsp3) is 0.188. The molecule has 1 atom stereocenters. The Labute approximate surface area is 127 Å². The Morgan fingerprint density at radius 1 is 1.19 bits per heavy atom. The third kappa shape index (κ3) is 4.79.